The summed E-state index contributed by atoms with van der Waals surface area (Å²) in [5.74, 6) is 2.42. The maximum atomic E-state index is 2.42. The van der Waals surface area contributed by atoms with Gasteiger partial charge in [-0.3, -0.25) is 0 Å². The summed E-state index contributed by atoms with van der Waals surface area (Å²) in [4.78, 5) is 0. The second-order valence-corrected chi connectivity index (χ2v) is 9.14. The number of rotatable bonds is 4. The van der Waals surface area contributed by atoms with E-state index in [1.807, 2.05) is 0 Å². The molecule has 0 aliphatic heterocycles. The molecule has 1 heteroatoms. The van der Waals surface area contributed by atoms with Gasteiger partial charge in [0.1, 0.15) is 0 Å². The molecule has 90 valence electrons. The van der Waals surface area contributed by atoms with Gasteiger partial charge in [0.25, 0.3) is 0 Å². The third-order valence-electron chi connectivity index (χ3n) is 2.80. The van der Waals surface area contributed by atoms with Crippen LogP contribution in [0.2, 0.25) is 0 Å². The summed E-state index contributed by atoms with van der Waals surface area (Å²) in [6.45, 7) is 0. The van der Waals surface area contributed by atoms with Crippen molar-refractivity contribution >= 4 is 10.0 Å². The van der Waals surface area contributed by atoms with Crippen LogP contribution < -0.4 is 0 Å². The molecular weight excluding hydrogens is 224 g/mol. The molecule has 0 unspecified atom stereocenters. The first kappa shape index (κ1) is 12.3. The van der Waals surface area contributed by atoms with Gasteiger partial charge in [0.05, 0.1) is 0 Å². The summed E-state index contributed by atoms with van der Waals surface area (Å²) in [6, 6.07) is 21.6. The summed E-state index contributed by atoms with van der Waals surface area (Å²) < 4.78 is 0. The summed E-state index contributed by atoms with van der Waals surface area (Å²) in [5, 5.41) is 0. The lowest BCUT2D eigenvalue weighted by molar-refractivity contribution is 1.32. The van der Waals surface area contributed by atoms with Crippen molar-refractivity contribution in [2.45, 2.75) is 11.5 Å². The highest BCUT2D eigenvalue weighted by Gasteiger charge is 2.13. The Kier molecular flexibility index (Phi) is 3.90. The third-order valence-corrected chi connectivity index (χ3v) is 5.03. The molecule has 2 rings (SSSR count). The molecule has 2 aromatic carbocycles. The minimum atomic E-state index is -0.588. The molecule has 2 aromatic rings. The lowest BCUT2D eigenvalue weighted by Crippen LogP contribution is -2.03. The van der Waals surface area contributed by atoms with Crippen molar-refractivity contribution in [2.24, 2.45) is 0 Å². The Hall–Kier alpha value is -1.21. The van der Waals surface area contributed by atoms with Crippen LogP contribution in [-0.2, 0) is 11.5 Å². The average molecular weight is 244 g/mol. The van der Waals surface area contributed by atoms with Crippen molar-refractivity contribution in [3.63, 3.8) is 0 Å². The summed E-state index contributed by atoms with van der Waals surface area (Å²) in [7, 11) is -0.588. The highest BCUT2D eigenvalue weighted by molar-refractivity contribution is 8.31. The monoisotopic (exact) mass is 244 g/mol. The first-order chi connectivity index (χ1) is 8.16. The fourth-order valence-electron chi connectivity index (χ4n) is 2.10. The molecule has 0 nitrogen and oxygen atoms in total. The van der Waals surface area contributed by atoms with Crippen LogP contribution in [0.3, 0.4) is 0 Å². The molecule has 0 heterocycles. The molecule has 0 N–H and O–H groups in total. The Balaban J connectivity index is 2.04. The van der Waals surface area contributed by atoms with Gasteiger partial charge in [0, 0.05) is 11.5 Å². The topological polar surface area (TPSA) is 0 Å². The molecule has 17 heavy (non-hydrogen) atoms. The molecule has 0 aliphatic rings. The van der Waals surface area contributed by atoms with Gasteiger partial charge in [-0.05, 0) is 23.6 Å². The van der Waals surface area contributed by atoms with Crippen molar-refractivity contribution in [3.8, 4) is 0 Å². The van der Waals surface area contributed by atoms with Crippen LogP contribution in [0.1, 0.15) is 11.1 Å². The number of benzene rings is 2. The van der Waals surface area contributed by atoms with Gasteiger partial charge in [-0.15, -0.1) is 0 Å². The Morgan fingerprint density at radius 2 is 1.00 bits per heavy atom. The van der Waals surface area contributed by atoms with E-state index in [0.29, 0.717) is 0 Å². The zero-order valence-electron chi connectivity index (χ0n) is 10.6. The van der Waals surface area contributed by atoms with Crippen LogP contribution >= 0.6 is 10.0 Å². The third kappa shape index (κ3) is 3.94. The Morgan fingerprint density at radius 3 is 1.35 bits per heavy atom. The van der Waals surface area contributed by atoms with E-state index in [1.165, 1.54) is 22.6 Å². The summed E-state index contributed by atoms with van der Waals surface area (Å²) >= 11 is 0. The first-order valence-electron chi connectivity index (χ1n) is 5.92. The molecule has 0 bridgehead atoms. The van der Waals surface area contributed by atoms with Crippen molar-refractivity contribution < 1.29 is 0 Å². The van der Waals surface area contributed by atoms with Crippen molar-refractivity contribution in [3.05, 3.63) is 71.8 Å². The smallest absolute Gasteiger partial charge is 0.00231 e. The summed E-state index contributed by atoms with van der Waals surface area (Å²) in [5.41, 5.74) is 2.92. The minimum Gasteiger partial charge on any atom is -0.239 e. The Morgan fingerprint density at radius 1 is 0.647 bits per heavy atom. The average Bonchev–Trinajstić information content (AvgIpc) is 2.30. The van der Waals surface area contributed by atoms with Crippen LogP contribution in [0.5, 0.6) is 0 Å². The zero-order valence-corrected chi connectivity index (χ0v) is 11.4. The fourth-order valence-corrected chi connectivity index (χ4v) is 4.39. The molecule has 0 amide bonds. The van der Waals surface area contributed by atoms with Gasteiger partial charge < -0.3 is 0 Å². The SMILES string of the molecule is CS(C)(Cc1ccccc1)Cc1ccccc1. The van der Waals surface area contributed by atoms with E-state index in [1.54, 1.807) is 0 Å². The molecule has 0 aliphatic carbocycles. The second-order valence-electron chi connectivity index (χ2n) is 5.03. The van der Waals surface area contributed by atoms with Gasteiger partial charge in [-0.25, -0.2) is 10.0 Å². The van der Waals surface area contributed by atoms with E-state index < -0.39 is 10.0 Å². The van der Waals surface area contributed by atoms with Gasteiger partial charge in [0.2, 0.25) is 0 Å². The van der Waals surface area contributed by atoms with Crippen molar-refractivity contribution in [1.29, 1.82) is 0 Å². The molecule has 0 fully saturated rings. The highest BCUT2D eigenvalue weighted by atomic mass is 32.3. The molecule has 0 aromatic heterocycles. The van der Waals surface area contributed by atoms with Crippen LogP contribution in [0.15, 0.2) is 60.7 Å². The van der Waals surface area contributed by atoms with Gasteiger partial charge in [-0.1, -0.05) is 60.7 Å². The normalized spacial score (nSPS) is 12.4. The molecular formula is C16H20S. The van der Waals surface area contributed by atoms with Crippen molar-refractivity contribution in [2.75, 3.05) is 12.5 Å². The number of hydrogen-bond donors (Lipinski definition) is 0. The molecule has 0 saturated carbocycles. The van der Waals surface area contributed by atoms with E-state index in [0.717, 1.165) is 0 Å². The van der Waals surface area contributed by atoms with Crippen LogP contribution in [0, 0.1) is 0 Å². The molecule has 0 spiro atoms. The van der Waals surface area contributed by atoms with Crippen LogP contribution in [-0.4, -0.2) is 12.5 Å². The predicted octanol–water partition coefficient (Wildman–Crippen LogP) is 4.45. The predicted molar refractivity (Wildman–Crippen MR) is 79.7 cm³/mol. The van der Waals surface area contributed by atoms with E-state index in [9.17, 15) is 0 Å². The van der Waals surface area contributed by atoms with E-state index in [4.69, 9.17) is 0 Å². The lowest BCUT2D eigenvalue weighted by Gasteiger charge is -2.31. The Bertz CT molecular complexity index is 402. The zero-order chi connectivity index (χ0) is 12.1. The lowest BCUT2D eigenvalue weighted by atomic mass is 10.2. The van der Waals surface area contributed by atoms with E-state index in [-0.39, 0.29) is 0 Å². The van der Waals surface area contributed by atoms with Gasteiger partial charge in [-0.2, -0.15) is 0 Å². The first-order valence-corrected chi connectivity index (χ1v) is 8.71. The quantitative estimate of drug-likeness (QED) is 0.745. The largest absolute Gasteiger partial charge is 0.239 e. The highest BCUT2D eigenvalue weighted by Crippen LogP contribution is 2.46. The minimum absolute atomic E-state index is 0.588. The van der Waals surface area contributed by atoms with Crippen LogP contribution in [0.4, 0.5) is 0 Å². The van der Waals surface area contributed by atoms with E-state index >= 15 is 0 Å². The second kappa shape index (κ2) is 5.42. The maximum absolute atomic E-state index is 2.42. The fraction of sp³-hybridized carbons (Fsp3) is 0.250. The number of hydrogen-bond acceptors (Lipinski definition) is 0. The van der Waals surface area contributed by atoms with Crippen molar-refractivity contribution in [1.82, 2.24) is 0 Å². The standard InChI is InChI=1S/C16H20S/c1-17(2,13-15-9-5-3-6-10-15)14-16-11-7-4-8-12-16/h3-12H,13-14H2,1-2H3. The Labute approximate surface area is 106 Å². The van der Waals surface area contributed by atoms with Gasteiger partial charge >= 0.3 is 0 Å². The maximum Gasteiger partial charge on any atom is 0.00231 e. The van der Waals surface area contributed by atoms with Crippen LogP contribution in [0.25, 0.3) is 0 Å². The summed E-state index contributed by atoms with van der Waals surface area (Å²) in [6.07, 6.45) is 4.85. The van der Waals surface area contributed by atoms with E-state index in [2.05, 4.69) is 73.2 Å². The van der Waals surface area contributed by atoms with Gasteiger partial charge in [0.15, 0.2) is 0 Å². The molecule has 0 radical (unpaired) electrons. The molecule has 0 atom stereocenters. The molecule has 0 saturated heterocycles.